The van der Waals surface area contributed by atoms with Crippen LogP contribution in [-0.4, -0.2) is 47.9 Å². The second-order valence-electron chi connectivity index (χ2n) is 5.08. The molecule has 6 heteroatoms. The van der Waals surface area contributed by atoms with Crippen LogP contribution in [0.15, 0.2) is 12.1 Å². The summed E-state index contributed by atoms with van der Waals surface area (Å²) in [5, 5.41) is 19.0. The molecule has 18 heavy (non-hydrogen) atoms. The van der Waals surface area contributed by atoms with Crippen LogP contribution in [0.5, 0.6) is 5.75 Å². The van der Waals surface area contributed by atoms with Gasteiger partial charge in [-0.25, -0.2) is 4.79 Å². The Bertz CT molecular complexity index is 446. The molecule has 0 unspecified atom stereocenters. The number of benzene rings is 1. The molecule has 0 aliphatic carbocycles. The maximum Gasteiger partial charge on any atom is 0.362 e. The standard InChI is InChI=1S/C12H15I2NO3/c1-15(2,3)10(12(17)18)6-7-4-8(13)11(16)9(14)5-7/h4-5,10H,6H2,1-3H3,(H-,16,17,18)/p+1/t10-/m1/s1. The van der Waals surface area contributed by atoms with Crippen LogP contribution < -0.4 is 0 Å². The van der Waals surface area contributed by atoms with Crippen LogP contribution in [0.4, 0.5) is 0 Å². The summed E-state index contributed by atoms with van der Waals surface area (Å²) in [5.41, 5.74) is 0.932. The number of carboxylic acids is 1. The lowest BCUT2D eigenvalue weighted by atomic mass is 10.0. The van der Waals surface area contributed by atoms with Crippen molar-refractivity contribution in [3.05, 3.63) is 24.8 Å². The summed E-state index contributed by atoms with van der Waals surface area (Å²) in [7, 11) is 5.61. The fourth-order valence-corrected chi connectivity index (χ4v) is 3.55. The van der Waals surface area contributed by atoms with Crippen molar-refractivity contribution in [3.63, 3.8) is 0 Å². The van der Waals surface area contributed by atoms with E-state index in [1.807, 2.05) is 33.3 Å². The SMILES string of the molecule is C[N+](C)(C)[C@H](Cc1cc(I)c(O)c(I)c1)C(=O)O. The van der Waals surface area contributed by atoms with Gasteiger partial charge in [-0.1, -0.05) is 0 Å². The fourth-order valence-electron chi connectivity index (χ4n) is 1.65. The zero-order chi connectivity index (χ0) is 14.1. The number of aromatic hydroxyl groups is 1. The number of halogens is 2. The van der Waals surface area contributed by atoms with Crippen LogP contribution in [0.3, 0.4) is 0 Å². The van der Waals surface area contributed by atoms with Gasteiger partial charge >= 0.3 is 5.97 Å². The number of hydrogen-bond donors (Lipinski definition) is 2. The van der Waals surface area contributed by atoms with E-state index >= 15 is 0 Å². The van der Waals surface area contributed by atoms with Crippen molar-refractivity contribution in [2.75, 3.05) is 21.1 Å². The third-order valence-corrected chi connectivity index (χ3v) is 4.37. The van der Waals surface area contributed by atoms with Crippen LogP contribution in [0.25, 0.3) is 0 Å². The molecule has 100 valence electrons. The summed E-state index contributed by atoms with van der Waals surface area (Å²) in [5.74, 6) is -0.544. The lowest BCUT2D eigenvalue weighted by Gasteiger charge is -2.31. The van der Waals surface area contributed by atoms with E-state index in [2.05, 4.69) is 45.2 Å². The molecule has 0 radical (unpaired) electrons. The Kier molecular flexibility index (Phi) is 5.24. The van der Waals surface area contributed by atoms with Crippen molar-refractivity contribution in [1.29, 1.82) is 0 Å². The van der Waals surface area contributed by atoms with E-state index in [4.69, 9.17) is 0 Å². The van der Waals surface area contributed by atoms with E-state index in [9.17, 15) is 15.0 Å². The van der Waals surface area contributed by atoms with Crippen LogP contribution in [-0.2, 0) is 11.2 Å². The molecule has 0 saturated heterocycles. The molecular formula is C12H16I2NO3+. The number of likely N-dealkylation sites (N-methyl/N-ethyl adjacent to an activating group) is 1. The van der Waals surface area contributed by atoms with Crippen molar-refractivity contribution in [2.24, 2.45) is 0 Å². The molecule has 1 atom stereocenters. The molecule has 0 aliphatic rings. The predicted octanol–water partition coefficient (Wildman–Crippen LogP) is 2.30. The lowest BCUT2D eigenvalue weighted by Crippen LogP contribution is -2.51. The zero-order valence-electron chi connectivity index (χ0n) is 10.4. The molecule has 2 N–H and O–H groups in total. The molecule has 1 aromatic rings. The van der Waals surface area contributed by atoms with Crippen molar-refractivity contribution in [1.82, 2.24) is 0 Å². The first-order valence-electron chi connectivity index (χ1n) is 5.33. The molecule has 0 heterocycles. The first-order valence-corrected chi connectivity index (χ1v) is 7.49. The fraction of sp³-hybridized carbons (Fsp3) is 0.417. The number of hydrogen-bond acceptors (Lipinski definition) is 2. The number of quaternary nitrogens is 1. The Balaban J connectivity index is 3.06. The Hall–Kier alpha value is -0.0900. The monoisotopic (exact) mass is 476 g/mol. The minimum absolute atomic E-state index is 0.261. The average molecular weight is 476 g/mol. The third-order valence-electron chi connectivity index (χ3n) is 2.73. The highest BCUT2D eigenvalue weighted by molar-refractivity contribution is 14.1. The molecule has 0 spiro atoms. The lowest BCUT2D eigenvalue weighted by molar-refractivity contribution is -0.887. The van der Waals surface area contributed by atoms with E-state index < -0.39 is 12.0 Å². The first kappa shape index (κ1) is 16.0. The van der Waals surface area contributed by atoms with Gasteiger partial charge in [-0.05, 0) is 62.9 Å². The number of carbonyl (C=O) groups is 1. The third kappa shape index (κ3) is 3.95. The number of nitrogens with zero attached hydrogens (tertiary/aromatic N) is 1. The predicted molar refractivity (Wildman–Crippen MR) is 86.7 cm³/mol. The molecule has 0 fully saturated rings. The summed E-state index contributed by atoms with van der Waals surface area (Å²) >= 11 is 4.11. The van der Waals surface area contributed by atoms with Gasteiger partial charge in [-0.2, -0.15) is 0 Å². The Labute approximate surface area is 134 Å². The highest BCUT2D eigenvalue weighted by Crippen LogP contribution is 2.28. The van der Waals surface area contributed by atoms with Crippen molar-refractivity contribution >= 4 is 51.2 Å². The largest absolute Gasteiger partial charge is 0.506 e. The molecule has 1 rings (SSSR count). The minimum Gasteiger partial charge on any atom is -0.506 e. The van der Waals surface area contributed by atoms with Gasteiger partial charge in [0.1, 0.15) is 5.75 Å². The quantitative estimate of drug-likeness (QED) is 0.519. The maximum absolute atomic E-state index is 11.3. The molecule has 4 nitrogen and oxygen atoms in total. The summed E-state index contributed by atoms with van der Waals surface area (Å²) in [6.07, 6.45) is 0.450. The van der Waals surface area contributed by atoms with Gasteiger partial charge in [0.25, 0.3) is 0 Å². The number of aliphatic carboxylic acids is 1. The molecule has 0 bridgehead atoms. The molecular weight excluding hydrogens is 460 g/mol. The smallest absolute Gasteiger partial charge is 0.362 e. The van der Waals surface area contributed by atoms with E-state index in [0.717, 1.165) is 12.7 Å². The van der Waals surface area contributed by atoms with Gasteiger partial charge in [0.2, 0.25) is 0 Å². The van der Waals surface area contributed by atoms with Crippen LogP contribution in [0.1, 0.15) is 5.56 Å². The summed E-state index contributed by atoms with van der Waals surface area (Å²) in [4.78, 5) is 11.3. The highest BCUT2D eigenvalue weighted by Gasteiger charge is 2.31. The first-order chi connectivity index (χ1) is 8.12. The maximum atomic E-state index is 11.3. The van der Waals surface area contributed by atoms with Crippen molar-refractivity contribution < 1.29 is 19.5 Å². The number of phenolic OH excluding ortho intramolecular Hbond substituents is 1. The normalized spacial score (nSPS) is 13.4. The van der Waals surface area contributed by atoms with Crippen LogP contribution in [0, 0.1) is 7.14 Å². The number of phenols is 1. The average Bonchev–Trinajstić information content (AvgIpc) is 2.20. The van der Waals surface area contributed by atoms with Gasteiger partial charge in [0.15, 0.2) is 6.04 Å². The van der Waals surface area contributed by atoms with Crippen molar-refractivity contribution in [2.45, 2.75) is 12.5 Å². The van der Waals surface area contributed by atoms with E-state index in [0.29, 0.717) is 10.9 Å². The highest BCUT2D eigenvalue weighted by atomic mass is 127. The van der Waals surface area contributed by atoms with E-state index in [1.54, 1.807) is 0 Å². The van der Waals surface area contributed by atoms with Crippen molar-refractivity contribution in [3.8, 4) is 5.75 Å². The zero-order valence-corrected chi connectivity index (χ0v) is 14.8. The Morgan fingerprint density at radius 2 is 1.72 bits per heavy atom. The summed E-state index contributed by atoms with van der Waals surface area (Å²) in [6, 6.07) is 3.17. The number of carboxylic acid groups (broad SMARTS) is 1. The Morgan fingerprint density at radius 1 is 1.28 bits per heavy atom. The van der Waals surface area contributed by atoms with E-state index in [-0.39, 0.29) is 5.75 Å². The molecule has 0 amide bonds. The molecule has 0 aromatic heterocycles. The van der Waals surface area contributed by atoms with Gasteiger partial charge in [0.05, 0.1) is 28.3 Å². The Morgan fingerprint density at radius 3 is 2.06 bits per heavy atom. The van der Waals surface area contributed by atoms with Crippen LogP contribution in [0.2, 0.25) is 0 Å². The van der Waals surface area contributed by atoms with E-state index in [1.165, 1.54) is 0 Å². The second-order valence-corrected chi connectivity index (χ2v) is 7.41. The molecule has 0 aliphatic heterocycles. The molecule has 0 saturated carbocycles. The molecule has 1 aromatic carbocycles. The van der Waals surface area contributed by atoms with Gasteiger partial charge in [-0.15, -0.1) is 0 Å². The van der Waals surface area contributed by atoms with Gasteiger partial charge in [-0.3, -0.25) is 0 Å². The second kappa shape index (κ2) is 5.91. The summed E-state index contributed by atoms with van der Waals surface area (Å²) in [6.45, 7) is 0. The van der Waals surface area contributed by atoms with Crippen LogP contribution >= 0.6 is 45.2 Å². The van der Waals surface area contributed by atoms with Gasteiger partial charge < -0.3 is 14.7 Å². The van der Waals surface area contributed by atoms with Gasteiger partial charge in [0, 0.05) is 6.42 Å². The topological polar surface area (TPSA) is 57.5 Å². The minimum atomic E-state index is -0.805. The number of rotatable bonds is 4. The summed E-state index contributed by atoms with van der Waals surface area (Å²) < 4.78 is 1.86.